The normalized spacial score (nSPS) is 12.5. The first-order valence-corrected chi connectivity index (χ1v) is 13.9. The number of nitrogens with two attached hydrogens (primary N) is 1. The van der Waals surface area contributed by atoms with Crippen molar-refractivity contribution in [3.63, 3.8) is 0 Å². The lowest BCUT2D eigenvalue weighted by Crippen LogP contribution is -2.41. The molecule has 1 atom stereocenters. The van der Waals surface area contributed by atoms with Gasteiger partial charge in [0.05, 0.1) is 17.5 Å². The Balaban J connectivity index is 1.93. The van der Waals surface area contributed by atoms with Crippen molar-refractivity contribution in [2.75, 3.05) is 32.1 Å². The number of hydrogen-bond acceptors (Lipinski definition) is 10. The zero-order valence-electron chi connectivity index (χ0n) is 20.8. The van der Waals surface area contributed by atoms with Crippen LogP contribution in [0, 0.1) is 0 Å². The molecule has 3 aromatic rings. The van der Waals surface area contributed by atoms with Gasteiger partial charge in [0, 0.05) is 42.5 Å². The van der Waals surface area contributed by atoms with E-state index in [0.717, 1.165) is 22.4 Å². The molecule has 0 saturated heterocycles. The fourth-order valence-corrected chi connectivity index (χ4v) is 5.98. The maximum atomic E-state index is 13.6. The molecular formula is C24H30N6O5S2. The molecule has 1 aromatic heterocycles. The van der Waals surface area contributed by atoms with E-state index in [1.54, 1.807) is 25.1 Å². The number of nitrogens with zero attached hydrogens (tertiary/aromatic N) is 3. The maximum absolute atomic E-state index is 13.6. The van der Waals surface area contributed by atoms with Crippen molar-refractivity contribution in [1.29, 1.82) is 0 Å². The minimum Gasteiger partial charge on any atom is -0.461 e. The number of rotatable bonds is 13. The van der Waals surface area contributed by atoms with Gasteiger partial charge in [-0.25, -0.2) is 22.9 Å². The second-order valence-electron chi connectivity index (χ2n) is 8.19. The highest BCUT2D eigenvalue weighted by Crippen LogP contribution is 2.30. The number of Topliss-reactive ketones (excluding diaryl/α,β-unsaturated/α-hetero) is 1. The molecule has 0 aliphatic carbocycles. The minimum absolute atomic E-state index is 0.00268. The third-order valence-electron chi connectivity index (χ3n) is 5.42. The van der Waals surface area contributed by atoms with Gasteiger partial charge in [-0.2, -0.15) is 5.10 Å². The van der Waals surface area contributed by atoms with Gasteiger partial charge >= 0.3 is 5.97 Å². The molecule has 37 heavy (non-hydrogen) atoms. The van der Waals surface area contributed by atoms with E-state index >= 15 is 0 Å². The molecule has 0 saturated carbocycles. The number of nitrogens with one attached hydrogen (secondary N) is 2. The standard InChI is InChI=1S/C24H30N6O5S2/c1-4-35-24(32)19-14-36-23(28-19)22(31)18(10-7-13-26-15-27-25)29-37(33,34)21-12-6-8-16-17(21)9-5-11-20(16)30(2)3/h5-6,8-9,11-12,14-15,18,29H,4,7,10,13,25H2,1-3H3,(H,26,27)/t18-/m0/s1. The van der Waals surface area contributed by atoms with Crippen LogP contribution in [0.4, 0.5) is 5.69 Å². The fraction of sp³-hybridized carbons (Fsp3) is 0.333. The van der Waals surface area contributed by atoms with Gasteiger partial charge < -0.3 is 20.8 Å². The summed E-state index contributed by atoms with van der Waals surface area (Å²) in [6.45, 7) is 2.25. The summed E-state index contributed by atoms with van der Waals surface area (Å²) in [7, 11) is -0.358. The molecule has 0 bridgehead atoms. The number of anilines is 1. The minimum atomic E-state index is -4.12. The van der Waals surface area contributed by atoms with Crippen molar-refractivity contribution < 1.29 is 22.7 Å². The summed E-state index contributed by atoms with van der Waals surface area (Å²) in [5.41, 5.74) is 0.868. The van der Waals surface area contributed by atoms with Crippen LogP contribution < -0.4 is 20.8 Å². The van der Waals surface area contributed by atoms with Crippen LogP contribution in [0.3, 0.4) is 0 Å². The van der Waals surface area contributed by atoms with Gasteiger partial charge in [-0.05, 0) is 31.9 Å². The monoisotopic (exact) mass is 546 g/mol. The number of esters is 1. The van der Waals surface area contributed by atoms with E-state index in [2.05, 4.69) is 20.1 Å². The van der Waals surface area contributed by atoms with Crippen LogP contribution in [0.5, 0.6) is 0 Å². The Morgan fingerprint density at radius 3 is 2.65 bits per heavy atom. The SMILES string of the molecule is CCOC(=O)c1csc(C(=O)[C@H](CCCNC=NN)NS(=O)(=O)c2cccc3c(N(C)C)cccc23)n1. The lowest BCUT2D eigenvalue weighted by molar-refractivity contribution is 0.0520. The molecule has 0 unspecified atom stereocenters. The van der Waals surface area contributed by atoms with Gasteiger partial charge in [-0.3, -0.25) is 4.79 Å². The summed E-state index contributed by atoms with van der Waals surface area (Å²) in [4.78, 5) is 31.4. The Bertz CT molecular complexity index is 1390. The van der Waals surface area contributed by atoms with Crippen LogP contribution in [0.25, 0.3) is 10.8 Å². The predicted octanol–water partition coefficient (Wildman–Crippen LogP) is 2.34. The van der Waals surface area contributed by atoms with E-state index in [0.29, 0.717) is 18.4 Å². The third kappa shape index (κ3) is 6.81. The summed E-state index contributed by atoms with van der Waals surface area (Å²) in [6, 6.07) is 9.34. The second kappa shape index (κ2) is 12.6. The van der Waals surface area contributed by atoms with E-state index in [9.17, 15) is 18.0 Å². The summed E-state index contributed by atoms with van der Waals surface area (Å²) < 4.78 is 34.7. The molecule has 0 radical (unpaired) electrons. The molecule has 0 amide bonds. The quantitative estimate of drug-likeness (QED) is 0.0557. The first-order chi connectivity index (χ1) is 17.7. The van der Waals surface area contributed by atoms with E-state index in [1.165, 1.54) is 17.8 Å². The van der Waals surface area contributed by atoms with Gasteiger partial charge in [0.15, 0.2) is 10.7 Å². The number of benzene rings is 2. The van der Waals surface area contributed by atoms with Gasteiger partial charge in [-0.15, -0.1) is 11.3 Å². The Morgan fingerprint density at radius 2 is 1.95 bits per heavy atom. The van der Waals surface area contributed by atoms with Gasteiger partial charge in [-0.1, -0.05) is 24.3 Å². The van der Waals surface area contributed by atoms with E-state index in [-0.39, 0.29) is 28.6 Å². The fourth-order valence-electron chi connectivity index (χ4n) is 3.74. The van der Waals surface area contributed by atoms with Crippen LogP contribution in [0.15, 0.2) is 51.8 Å². The molecule has 3 rings (SSSR count). The van der Waals surface area contributed by atoms with Gasteiger partial charge in [0.25, 0.3) is 0 Å². The molecule has 0 spiro atoms. The number of carbonyl (C=O) groups excluding carboxylic acids is 2. The van der Waals surface area contributed by atoms with Crippen LogP contribution >= 0.6 is 11.3 Å². The Labute approximate surface area is 219 Å². The largest absolute Gasteiger partial charge is 0.461 e. The molecule has 1 heterocycles. The van der Waals surface area contributed by atoms with Gasteiger partial charge in [0.1, 0.15) is 6.34 Å². The summed E-state index contributed by atoms with van der Waals surface area (Å²) in [5.74, 6) is 3.90. The Hall–Kier alpha value is -3.55. The van der Waals surface area contributed by atoms with Crippen molar-refractivity contribution in [2.24, 2.45) is 10.9 Å². The second-order valence-corrected chi connectivity index (χ2v) is 10.7. The molecule has 4 N–H and O–H groups in total. The molecule has 11 nitrogen and oxygen atoms in total. The molecule has 0 aliphatic heterocycles. The molecule has 2 aromatic carbocycles. The molecule has 0 fully saturated rings. The number of sulfonamides is 1. The lowest BCUT2D eigenvalue weighted by atomic mass is 10.1. The smallest absolute Gasteiger partial charge is 0.357 e. The highest BCUT2D eigenvalue weighted by atomic mass is 32.2. The van der Waals surface area contributed by atoms with Crippen molar-refractivity contribution in [3.8, 4) is 0 Å². The van der Waals surface area contributed by atoms with Crippen LogP contribution in [-0.2, 0) is 14.8 Å². The molecule has 198 valence electrons. The number of aromatic nitrogens is 1. The number of hydrazone groups is 1. The summed E-state index contributed by atoms with van der Waals surface area (Å²) in [6.07, 6.45) is 1.92. The van der Waals surface area contributed by atoms with Crippen molar-refractivity contribution >= 4 is 55.9 Å². The number of fused-ring (bicyclic) bond motifs is 1. The van der Waals surface area contributed by atoms with Crippen molar-refractivity contribution in [2.45, 2.75) is 30.7 Å². The Kier molecular flexibility index (Phi) is 9.55. The first kappa shape index (κ1) is 28.0. The van der Waals surface area contributed by atoms with Crippen LogP contribution in [0.2, 0.25) is 0 Å². The topological polar surface area (TPSA) is 156 Å². The summed E-state index contributed by atoms with van der Waals surface area (Å²) >= 11 is 0.962. The predicted molar refractivity (Wildman–Crippen MR) is 145 cm³/mol. The van der Waals surface area contributed by atoms with Crippen molar-refractivity contribution in [3.05, 3.63) is 52.5 Å². The number of ketones is 1. The molecule has 13 heteroatoms. The van der Waals surface area contributed by atoms with Crippen LogP contribution in [0.1, 0.15) is 40.1 Å². The lowest BCUT2D eigenvalue weighted by Gasteiger charge is -2.19. The van der Waals surface area contributed by atoms with Crippen molar-refractivity contribution in [1.82, 2.24) is 15.0 Å². The average Bonchev–Trinajstić information content (AvgIpc) is 3.37. The highest BCUT2D eigenvalue weighted by Gasteiger charge is 2.30. The van der Waals surface area contributed by atoms with Gasteiger partial charge in [0.2, 0.25) is 15.8 Å². The number of hydrogen-bond donors (Lipinski definition) is 3. The van der Waals surface area contributed by atoms with E-state index in [1.807, 2.05) is 31.1 Å². The zero-order valence-corrected chi connectivity index (χ0v) is 22.4. The molecular weight excluding hydrogens is 516 g/mol. The molecule has 0 aliphatic rings. The number of ether oxygens (including phenoxy) is 1. The Morgan fingerprint density at radius 1 is 1.22 bits per heavy atom. The van der Waals surface area contributed by atoms with Crippen LogP contribution in [-0.4, -0.2) is 64.8 Å². The van der Waals surface area contributed by atoms with E-state index < -0.39 is 27.8 Å². The average molecular weight is 547 g/mol. The third-order valence-corrected chi connectivity index (χ3v) is 7.81. The number of thiazole rings is 1. The zero-order chi connectivity index (χ0) is 27.0. The first-order valence-electron chi connectivity index (χ1n) is 11.5. The number of carbonyl (C=O) groups is 2. The summed E-state index contributed by atoms with van der Waals surface area (Å²) in [5, 5.41) is 8.94. The van der Waals surface area contributed by atoms with E-state index in [4.69, 9.17) is 10.6 Å². The highest BCUT2D eigenvalue weighted by molar-refractivity contribution is 7.89. The maximum Gasteiger partial charge on any atom is 0.357 e.